The lowest BCUT2D eigenvalue weighted by Gasteiger charge is -2.27. The van der Waals surface area contributed by atoms with E-state index in [1.165, 1.54) is 35.6 Å². The number of benzene rings is 2. The van der Waals surface area contributed by atoms with Crippen molar-refractivity contribution < 1.29 is 13.2 Å². The molecular formula is C20H18ClN3O3S2. The van der Waals surface area contributed by atoms with Crippen LogP contribution in [0.5, 0.6) is 0 Å². The van der Waals surface area contributed by atoms with E-state index in [2.05, 4.69) is 15.5 Å². The summed E-state index contributed by atoms with van der Waals surface area (Å²) in [6.07, 6.45) is 1.89. The number of nitrogens with zero attached hydrogens (tertiary/aromatic N) is 2. The molecule has 1 aromatic heterocycles. The monoisotopic (exact) mass is 447 g/mol. The Hall–Kier alpha value is -2.29. The molecule has 1 aliphatic carbocycles. The molecule has 29 heavy (non-hydrogen) atoms. The van der Waals surface area contributed by atoms with E-state index < -0.39 is 20.5 Å². The molecule has 1 fully saturated rings. The zero-order valence-electron chi connectivity index (χ0n) is 15.3. The van der Waals surface area contributed by atoms with Crippen molar-refractivity contribution in [3.8, 4) is 10.6 Å². The average Bonchev–Trinajstić information content (AvgIpc) is 3.40. The molecule has 150 valence electrons. The number of aromatic nitrogens is 2. The van der Waals surface area contributed by atoms with Crippen LogP contribution in [0.2, 0.25) is 5.02 Å². The summed E-state index contributed by atoms with van der Waals surface area (Å²) in [5.41, 5.74) is 0.884. The van der Waals surface area contributed by atoms with Gasteiger partial charge < -0.3 is 0 Å². The first-order chi connectivity index (χ1) is 13.9. The molecule has 1 aliphatic rings. The summed E-state index contributed by atoms with van der Waals surface area (Å²) in [5, 5.41) is 12.2. The minimum absolute atomic E-state index is 0.0983. The predicted molar refractivity (Wildman–Crippen MR) is 114 cm³/mol. The third kappa shape index (κ3) is 3.68. The highest BCUT2D eigenvalue weighted by atomic mass is 35.5. The predicted octanol–water partition coefficient (Wildman–Crippen LogP) is 4.58. The van der Waals surface area contributed by atoms with Crippen molar-refractivity contribution in [3.63, 3.8) is 0 Å². The zero-order valence-corrected chi connectivity index (χ0v) is 17.7. The number of hydrogen-bond donors (Lipinski definition) is 1. The normalized spacial score (nSPS) is 15.9. The Morgan fingerprint density at radius 2 is 1.66 bits per heavy atom. The molecule has 0 atom stereocenters. The van der Waals surface area contributed by atoms with Crippen LogP contribution in [0.1, 0.15) is 25.7 Å². The number of rotatable bonds is 5. The van der Waals surface area contributed by atoms with Crippen LogP contribution >= 0.6 is 22.9 Å². The van der Waals surface area contributed by atoms with Crippen LogP contribution < -0.4 is 5.32 Å². The number of halogens is 1. The molecule has 9 heteroatoms. The Morgan fingerprint density at radius 1 is 1.00 bits per heavy atom. The summed E-state index contributed by atoms with van der Waals surface area (Å²) in [5.74, 6) is -0.555. The lowest BCUT2D eigenvalue weighted by Crippen LogP contribution is -2.47. The number of sulfone groups is 1. The maximum absolute atomic E-state index is 13.4. The van der Waals surface area contributed by atoms with Crippen molar-refractivity contribution in [2.24, 2.45) is 0 Å². The Bertz CT molecular complexity index is 1120. The molecule has 0 bridgehead atoms. The smallest absolute Gasteiger partial charge is 0.248 e. The average molecular weight is 448 g/mol. The van der Waals surface area contributed by atoms with Crippen LogP contribution in [0.3, 0.4) is 0 Å². The number of amides is 1. The number of hydrogen-bond acceptors (Lipinski definition) is 6. The van der Waals surface area contributed by atoms with Crippen LogP contribution in [0.4, 0.5) is 5.13 Å². The quantitative estimate of drug-likeness (QED) is 0.618. The highest BCUT2D eigenvalue weighted by molar-refractivity contribution is 7.93. The first-order valence-corrected chi connectivity index (χ1v) is 11.8. The highest BCUT2D eigenvalue weighted by Gasteiger charge is 2.53. The topological polar surface area (TPSA) is 89.0 Å². The standard InChI is InChI=1S/C20H18ClN3O3S2/c21-15-8-10-16(11-9-15)29(26,27)20(12-4-5-13-20)18(25)22-19-24-23-17(28-19)14-6-2-1-3-7-14/h1-3,6-11H,4-5,12-13H2,(H,22,24,25). The molecule has 2 aromatic carbocycles. The van der Waals surface area contributed by atoms with E-state index in [-0.39, 0.29) is 22.9 Å². The van der Waals surface area contributed by atoms with E-state index in [0.717, 1.165) is 5.56 Å². The molecular weight excluding hydrogens is 430 g/mol. The van der Waals surface area contributed by atoms with Gasteiger partial charge in [-0.25, -0.2) is 8.42 Å². The molecule has 0 aliphatic heterocycles. The van der Waals surface area contributed by atoms with Gasteiger partial charge in [0.15, 0.2) is 14.6 Å². The van der Waals surface area contributed by atoms with E-state index in [9.17, 15) is 13.2 Å². The molecule has 0 spiro atoms. The number of carbonyl (C=O) groups is 1. The van der Waals surface area contributed by atoms with E-state index in [1.54, 1.807) is 0 Å². The molecule has 1 heterocycles. The van der Waals surface area contributed by atoms with Gasteiger partial charge in [0.1, 0.15) is 5.01 Å². The molecule has 3 aromatic rings. The van der Waals surface area contributed by atoms with Crippen LogP contribution in [0.15, 0.2) is 59.5 Å². The van der Waals surface area contributed by atoms with Gasteiger partial charge in [-0.2, -0.15) is 0 Å². The van der Waals surface area contributed by atoms with Gasteiger partial charge in [0.05, 0.1) is 4.90 Å². The summed E-state index contributed by atoms with van der Waals surface area (Å²) in [6.45, 7) is 0. The molecule has 1 saturated carbocycles. The SMILES string of the molecule is O=C(Nc1nnc(-c2ccccc2)s1)C1(S(=O)(=O)c2ccc(Cl)cc2)CCCC1. The summed E-state index contributed by atoms with van der Waals surface area (Å²) in [7, 11) is -3.90. The minimum Gasteiger partial charge on any atom is -0.299 e. The fraction of sp³-hybridized carbons (Fsp3) is 0.250. The largest absolute Gasteiger partial charge is 0.299 e. The van der Waals surface area contributed by atoms with Gasteiger partial charge in [0, 0.05) is 10.6 Å². The van der Waals surface area contributed by atoms with Gasteiger partial charge in [0.25, 0.3) is 0 Å². The van der Waals surface area contributed by atoms with E-state index in [0.29, 0.717) is 22.9 Å². The van der Waals surface area contributed by atoms with Gasteiger partial charge in [-0.05, 0) is 37.1 Å². The van der Waals surface area contributed by atoms with E-state index >= 15 is 0 Å². The summed E-state index contributed by atoms with van der Waals surface area (Å²) in [6, 6.07) is 15.4. The van der Waals surface area contributed by atoms with Crippen molar-refractivity contribution in [2.45, 2.75) is 35.3 Å². The molecule has 4 rings (SSSR count). The first-order valence-electron chi connectivity index (χ1n) is 9.13. The molecule has 0 unspecified atom stereocenters. The molecule has 0 radical (unpaired) electrons. The van der Waals surface area contributed by atoms with Gasteiger partial charge >= 0.3 is 0 Å². The number of carbonyl (C=O) groups excluding carboxylic acids is 1. The van der Waals surface area contributed by atoms with E-state index in [4.69, 9.17) is 11.6 Å². The fourth-order valence-electron chi connectivity index (χ4n) is 3.59. The van der Waals surface area contributed by atoms with Gasteiger partial charge in [-0.3, -0.25) is 10.1 Å². The lowest BCUT2D eigenvalue weighted by molar-refractivity contribution is -0.118. The van der Waals surface area contributed by atoms with Crippen LogP contribution in [0, 0.1) is 0 Å². The van der Waals surface area contributed by atoms with E-state index in [1.807, 2.05) is 30.3 Å². The van der Waals surface area contributed by atoms with Gasteiger partial charge in [-0.1, -0.05) is 66.1 Å². The Kier molecular flexibility index (Phi) is 5.42. The Morgan fingerprint density at radius 3 is 2.31 bits per heavy atom. The maximum atomic E-state index is 13.4. The van der Waals surface area contributed by atoms with Gasteiger partial charge in [0.2, 0.25) is 11.0 Å². The molecule has 0 saturated heterocycles. The second-order valence-electron chi connectivity index (χ2n) is 6.89. The summed E-state index contributed by atoms with van der Waals surface area (Å²) < 4.78 is 25.3. The Labute approximate surface area is 177 Å². The fourth-order valence-corrected chi connectivity index (χ4v) is 6.52. The third-order valence-electron chi connectivity index (χ3n) is 5.13. The third-order valence-corrected chi connectivity index (χ3v) is 8.78. The Balaban J connectivity index is 1.63. The maximum Gasteiger partial charge on any atom is 0.248 e. The van der Waals surface area contributed by atoms with Crippen molar-refractivity contribution in [1.82, 2.24) is 10.2 Å². The molecule has 1 amide bonds. The number of anilines is 1. The van der Waals surface area contributed by atoms with Crippen molar-refractivity contribution >= 4 is 43.8 Å². The van der Waals surface area contributed by atoms with Gasteiger partial charge in [-0.15, -0.1) is 10.2 Å². The van der Waals surface area contributed by atoms with Crippen LogP contribution in [-0.4, -0.2) is 29.3 Å². The molecule has 1 N–H and O–H groups in total. The first kappa shape index (κ1) is 20.0. The van der Waals surface area contributed by atoms with Crippen molar-refractivity contribution in [1.29, 1.82) is 0 Å². The van der Waals surface area contributed by atoms with Crippen LogP contribution in [-0.2, 0) is 14.6 Å². The minimum atomic E-state index is -3.90. The highest BCUT2D eigenvalue weighted by Crippen LogP contribution is 2.42. The van der Waals surface area contributed by atoms with Crippen LogP contribution in [0.25, 0.3) is 10.6 Å². The second-order valence-corrected chi connectivity index (χ2v) is 10.6. The number of nitrogens with one attached hydrogen (secondary N) is 1. The zero-order chi connectivity index (χ0) is 20.5. The second kappa shape index (κ2) is 7.85. The summed E-state index contributed by atoms with van der Waals surface area (Å²) in [4.78, 5) is 13.3. The van der Waals surface area contributed by atoms with Crippen molar-refractivity contribution in [3.05, 3.63) is 59.6 Å². The summed E-state index contributed by atoms with van der Waals surface area (Å²) >= 11 is 7.10. The van der Waals surface area contributed by atoms with Crippen molar-refractivity contribution in [2.75, 3.05) is 5.32 Å². The lowest BCUT2D eigenvalue weighted by atomic mass is 10.1. The molecule has 6 nitrogen and oxygen atoms in total.